The van der Waals surface area contributed by atoms with Crippen LogP contribution in [-0.4, -0.2) is 58.7 Å². The Morgan fingerprint density at radius 3 is 1.42 bits per heavy atom. The van der Waals surface area contributed by atoms with Crippen LogP contribution in [0.5, 0.6) is 0 Å². The highest BCUT2D eigenvalue weighted by atomic mass is 79.9. The van der Waals surface area contributed by atoms with E-state index in [1.165, 1.54) is 84.0 Å². The number of nitrogens with zero attached hydrogens (tertiary/aromatic N) is 1. The van der Waals surface area contributed by atoms with E-state index < -0.39 is 11.2 Å². The molecule has 0 saturated heterocycles. The zero-order valence-corrected chi connectivity index (χ0v) is 31.8. The molecule has 0 bridgehead atoms. The molecule has 0 aliphatic rings. The summed E-state index contributed by atoms with van der Waals surface area (Å²) in [4.78, 5) is 21.9. The smallest absolute Gasteiger partial charge is 0.330 e. The fourth-order valence-electron chi connectivity index (χ4n) is 3.27. The van der Waals surface area contributed by atoms with Crippen LogP contribution in [-0.2, 0) is 23.8 Å². The number of rotatable bonds is 21. The van der Waals surface area contributed by atoms with Crippen molar-refractivity contribution in [3.05, 3.63) is 12.7 Å². The Morgan fingerprint density at radius 1 is 0.721 bits per heavy atom. The van der Waals surface area contributed by atoms with Crippen LogP contribution >= 0.6 is 31.9 Å². The van der Waals surface area contributed by atoms with E-state index in [1.807, 2.05) is 41.5 Å². The van der Waals surface area contributed by atoms with E-state index in [0.29, 0.717) is 19.6 Å². The summed E-state index contributed by atoms with van der Waals surface area (Å²) in [6.45, 7) is 17.4. The van der Waals surface area contributed by atoms with Gasteiger partial charge in [-0.25, -0.2) is 4.79 Å². The number of halogens is 2. The second-order valence-electron chi connectivity index (χ2n) is 12.0. The Balaban J connectivity index is -0.000000278. The van der Waals surface area contributed by atoms with Gasteiger partial charge in [0, 0.05) is 36.9 Å². The lowest BCUT2D eigenvalue weighted by atomic mass is 10.1. The summed E-state index contributed by atoms with van der Waals surface area (Å²) in [5.41, 5.74) is -0.794. The molecule has 0 spiro atoms. The van der Waals surface area contributed by atoms with Crippen molar-refractivity contribution < 1.29 is 28.9 Å². The largest absolute Gasteiger partial charge is 0.460 e. The van der Waals surface area contributed by atoms with Crippen LogP contribution in [0.1, 0.15) is 145 Å². The van der Waals surface area contributed by atoms with Crippen LogP contribution in [0.3, 0.4) is 0 Å². The highest BCUT2D eigenvalue weighted by Gasteiger charge is 2.15. The normalized spacial score (nSPS) is 10.4. The van der Waals surface area contributed by atoms with Gasteiger partial charge < -0.3 is 19.3 Å². The number of nitriles is 1. The number of alkyl halides is 2. The summed E-state index contributed by atoms with van der Waals surface area (Å²) < 4.78 is 15.5. The topological polar surface area (TPSA) is 106 Å². The number of hydrogen-bond acceptors (Lipinski definition) is 7. The highest BCUT2D eigenvalue weighted by Crippen LogP contribution is 2.10. The predicted octanol–water partition coefficient (Wildman–Crippen LogP) is 10.0. The molecule has 7 nitrogen and oxygen atoms in total. The molecule has 1 N–H and O–H groups in total. The van der Waals surface area contributed by atoms with E-state index in [1.54, 1.807) is 6.07 Å². The van der Waals surface area contributed by atoms with Gasteiger partial charge in [-0.05, 0) is 67.2 Å². The van der Waals surface area contributed by atoms with E-state index in [0.717, 1.165) is 36.2 Å². The minimum absolute atomic E-state index is 0.177. The Hall–Kier alpha value is -0.950. The maximum atomic E-state index is 11.4. The molecule has 0 aliphatic heterocycles. The first-order valence-electron chi connectivity index (χ1n) is 15.9. The number of aliphatic hydroxyl groups excluding tert-OH is 1. The SMILES string of the molecule is C=CC(=O)OC(C)(C)C.CC#N.CC(C)(C)OC(=O)CCOCCCCCCCCCBr.OCCCCCCCCCBr. The van der Waals surface area contributed by atoms with Gasteiger partial charge in [0.05, 0.1) is 19.1 Å². The molecule has 256 valence electrons. The van der Waals surface area contributed by atoms with Gasteiger partial charge in [0.2, 0.25) is 0 Å². The molecule has 0 aromatic rings. The third-order valence-corrected chi connectivity index (χ3v) is 6.28. The average molecular weight is 744 g/mol. The van der Waals surface area contributed by atoms with E-state index in [-0.39, 0.29) is 11.9 Å². The maximum absolute atomic E-state index is 11.4. The second-order valence-corrected chi connectivity index (χ2v) is 13.5. The molecule has 43 heavy (non-hydrogen) atoms. The Bertz CT molecular complexity index is 647. The highest BCUT2D eigenvalue weighted by molar-refractivity contribution is 9.09. The summed E-state index contributed by atoms with van der Waals surface area (Å²) in [6, 6.07) is 1.75. The van der Waals surface area contributed by atoms with Crippen molar-refractivity contribution >= 4 is 43.8 Å². The van der Waals surface area contributed by atoms with Crippen LogP contribution in [0.15, 0.2) is 12.7 Å². The first-order valence-corrected chi connectivity index (χ1v) is 18.2. The number of ether oxygens (including phenoxy) is 3. The van der Waals surface area contributed by atoms with Crippen molar-refractivity contribution in [2.75, 3.05) is 30.5 Å². The standard InChI is InChI=1S/C16H31BrO3.C9H19BrO.C7H12O2.C2H3N/c1-16(2,3)20-15(18)11-14-19-13-10-8-6-4-5-7-9-12-17;10-8-6-4-2-1-3-5-7-9-11;1-5-6(8)9-7(2,3)4;1-2-3/h4-14H2,1-3H3;11H,1-9H2;5H,1H2,2-4H3;1H3. The zero-order chi connectivity index (χ0) is 33.8. The summed E-state index contributed by atoms with van der Waals surface area (Å²) in [5.74, 6) is -0.549. The van der Waals surface area contributed by atoms with Crippen LogP contribution in [0, 0.1) is 11.3 Å². The number of carbonyl (C=O) groups is 2. The summed E-state index contributed by atoms with van der Waals surface area (Å²) in [5, 5.41) is 18.1. The van der Waals surface area contributed by atoms with Crippen molar-refractivity contribution in [2.24, 2.45) is 0 Å². The van der Waals surface area contributed by atoms with Gasteiger partial charge in [-0.3, -0.25) is 4.79 Å². The van der Waals surface area contributed by atoms with Crippen LogP contribution in [0.2, 0.25) is 0 Å². The molecule has 0 unspecified atom stereocenters. The Kier molecular flexibility index (Phi) is 42.4. The molecule has 0 aromatic carbocycles. The van der Waals surface area contributed by atoms with E-state index in [9.17, 15) is 9.59 Å². The monoisotopic (exact) mass is 741 g/mol. The van der Waals surface area contributed by atoms with Gasteiger partial charge in [-0.2, -0.15) is 5.26 Å². The van der Waals surface area contributed by atoms with E-state index in [2.05, 4.69) is 38.4 Å². The van der Waals surface area contributed by atoms with Crippen LogP contribution in [0.4, 0.5) is 0 Å². The Morgan fingerprint density at radius 2 is 1.09 bits per heavy atom. The van der Waals surface area contributed by atoms with Gasteiger partial charge in [0.15, 0.2) is 0 Å². The average Bonchev–Trinajstić information content (AvgIpc) is 2.90. The van der Waals surface area contributed by atoms with Crippen molar-refractivity contribution in [3.8, 4) is 6.07 Å². The summed E-state index contributed by atoms with van der Waals surface area (Å²) in [6.07, 6.45) is 19.2. The molecular formula is C34H65Br2NO6. The fourth-order valence-corrected chi connectivity index (χ4v) is 4.06. The Labute approximate surface area is 282 Å². The molecule has 0 aliphatic carbocycles. The van der Waals surface area contributed by atoms with Crippen molar-refractivity contribution in [1.82, 2.24) is 0 Å². The number of esters is 2. The number of unbranched alkanes of at least 4 members (excludes halogenated alkanes) is 12. The van der Waals surface area contributed by atoms with Gasteiger partial charge in [-0.15, -0.1) is 0 Å². The van der Waals surface area contributed by atoms with Crippen LogP contribution < -0.4 is 0 Å². The zero-order valence-electron chi connectivity index (χ0n) is 28.6. The first kappa shape index (κ1) is 48.9. The van der Waals surface area contributed by atoms with E-state index >= 15 is 0 Å². The summed E-state index contributed by atoms with van der Waals surface area (Å²) >= 11 is 6.85. The molecule has 0 amide bonds. The fraction of sp³-hybridized carbons (Fsp3) is 0.853. The molecule has 0 fully saturated rings. The van der Waals surface area contributed by atoms with Gasteiger partial charge in [0.25, 0.3) is 0 Å². The maximum Gasteiger partial charge on any atom is 0.330 e. The van der Waals surface area contributed by atoms with E-state index in [4.69, 9.17) is 24.6 Å². The lowest BCUT2D eigenvalue weighted by Gasteiger charge is -2.19. The van der Waals surface area contributed by atoms with Gasteiger partial charge in [-0.1, -0.05) is 103 Å². The molecule has 0 rings (SSSR count). The second kappa shape index (κ2) is 37.2. The molecule has 0 radical (unpaired) electrons. The van der Waals surface area contributed by atoms with Crippen molar-refractivity contribution in [3.63, 3.8) is 0 Å². The minimum atomic E-state index is -0.398. The van der Waals surface area contributed by atoms with Crippen molar-refractivity contribution in [2.45, 2.75) is 156 Å². The lowest BCUT2D eigenvalue weighted by molar-refractivity contribution is -0.156. The molecular weight excluding hydrogens is 678 g/mol. The summed E-state index contributed by atoms with van der Waals surface area (Å²) in [7, 11) is 0. The number of aliphatic hydroxyl groups is 1. The lowest BCUT2D eigenvalue weighted by Crippen LogP contribution is -2.24. The first-order chi connectivity index (χ1) is 20.2. The quantitative estimate of drug-likeness (QED) is 0.0540. The number of carbonyl (C=O) groups excluding carboxylic acids is 2. The van der Waals surface area contributed by atoms with Crippen LogP contribution in [0.25, 0.3) is 0 Å². The van der Waals surface area contributed by atoms with Gasteiger partial charge >= 0.3 is 11.9 Å². The number of hydrogen-bond donors (Lipinski definition) is 1. The van der Waals surface area contributed by atoms with Crippen molar-refractivity contribution in [1.29, 1.82) is 5.26 Å². The molecule has 0 aromatic heterocycles. The molecule has 0 saturated carbocycles. The third kappa shape index (κ3) is 60.9. The molecule has 9 heteroatoms. The molecule has 0 atom stereocenters. The predicted molar refractivity (Wildman–Crippen MR) is 188 cm³/mol. The molecule has 0 heterocycles. The minimum Gasteiger partial charge on any atom is -0.460 e. The third-order valence-electron chi connectivity index (χ3n) is 5.16. The van der Waals surface area contributed by atoms with Gasteiger partial charge in [0.1, 0.15) is 11.2 Å².